The van der Waals surface area contributed by atoms with E-state index in [0.29, 0.717) is 17.3 Å². The molecule has 0 aliphatic carbocycles. The van der Waals surface area contributed by atoms with Gasteiger partial charge in [-0.3, -0.25) is 19.8 Å². The van der Waals surface area contributed by atoms with Crippen LogP contribution in [0.5, 0.6) is 0 Å². The van der Waals surface area contributed by atoms with Crippen LogP contribution < -0.4 is 15.1 Å². The third-order valence-electron chi connectivity index (χ3n) is 4.89. The van der Waals surface area contributed by atoms with Crippen LogP contribution in [-0.4, -0.2) is 30.0 Å². The first kappa shape index (κ1) is 19.8. The molecule has 0 bridgehead atoms. The summed E-state index contributed by atoms with van der Waals surface area (Å²) in [6.45, 7) is 9.55. The van der Waals surface area contributed by atoms with Crippen molar-refractivity contribution < 1.29 is 14.0 Å². The van der Waals surface area contributed by atoms with Gasteiger partial charge in [0.2, 0.25) is 0 Å². The number of amides is 2. The number of hydrogen-bond donors (Lipinski definition) is 1. The molecule has 1 aliphatic rings. The molecule has 1 fully saturated rings. The standard InChI is InChI=1S/C21H23N3O3S/c1-5-23(6-2)18-11-10-15(27-18)12-16-19(25)22-21(28)24(20(16)26)17-9-7-8-13(3)14(17)4/h7-12H,5-6H2,1-4H3,(H,22,25,28). The van der Waals surface area contributed by atoms with Gasteiger partial charge in [-0.1, -0.05) is 12.1 Å². The molecule has 0 unspecified atom stereocenters. The van der Waals surface area contributed by atoms with E-state index in [4.69, 9.17) is 16.6 Å². The zero-order valence-corrected chi connectivity index (χ0v) is 17.2. The van der Waals surface area contributed by atoms with Crippen LogP contribution in [0.4, 0.5) is 11.6 Å². The maximum atomic E-state index is 13.1. The molecule has 0 spiro atoms. The summed E-state index contributed by atoms with van der Waals surface area (Å²) in [6, 6.07) is 9.21. The Morgan fingerprint density at radius 3 is 2.54 bits per heavy atom. The van der Waals surface area contributed by atoms with Gasteiger partial charge in [0.25, 0.3) is 11.8 Å². The molecule has 0 atom stereocenters. The predicted octanol–water partition coefficient (Wildman–Crippen LogP) is 3.57. The monoisotopic (exact) mass is 397 g/mol. The molecule has 1 saturated heterocycles. The molecule has 1 aromatic carbocycles. The third kappa shape index (κ3) is 3.57. The molecular formula is C21H23N3O3S. The Morgan fingerprint density at radius 1 is 1.14 bits per heavy atom. The van der Waals surface area contributed by atoms with Gasteiger partial charge in [0.15, 0.2) is 11.0 Å². The highest BCUT2D eigenvalue weighted by Crippen LogP contribution is 2.28. The van der Waals surface area contributed by atoms with E-state index in [1.165, 1.54) is 11.0 Å². The summed E-state index contributed by atoms with van der Waals surface area (Å²) >= 11 is 5.27. The minimum Gasteiger partial charge on any atom is -0.441 e. The van der Waals surface area contributed by atoms with Gasteiger partial charge in [0, 0.05) is 19.2 Å². The number of rotatable bonds is 5. The number of anilines is 2. The van der Waals surface area contributed by atoms with E-state index >= 15 is 0 Å². The second-order valence-electron chi connectivity index (χ2n) is 6.53. The summed E-state index contributed by atoms with van der Waals surface area (Å²) in [4.78, 5) is 29.0. The Balaban J connectivity index is 1.98. The number of carbonyl (C=O) groups excluding carboxylic acids is 2. The van der Waals surface area contributed by atoms with Gasteiger partial charge < -0.3 is 9.32 Å². The van der Waals surface area contributed by atoms with E-state index in [-0.39, 0.29) is 10.7 Å². The number of thiocarbonyl (C=S) groups is 1. The highest BCUT2D eigenvalue weighted by Gasteiger charge is 2.35. The van der Waals surface area contributed by atoms with Crippen molar-refractivity contribution in [2.75, 3.05) is 22.9 Å². The maximum absolute atomic E-state index is 13.1. The molecule has 1 aliphatic heterocycles. The van der Waals surface area contributed by atoms with Crippen LogP contribution in [0.2, 0.25) is 0 Å². The van der Waals surface area contributed by atoms with Crippen LogP contribution in [0.1, 0.15) is 30.7 Å². The Hall–Kier alpha value is -2.93. The summed E-state index contributed by atoms with van der Waals surface area (Å²) in [7, 11) is 0. The molecular weight excluding hydrogens is 374 g/mol. The van der Waals surface area contributed by atoms with Crippen LogP contribution in [0.15, 0.2) is 40.3 Å². The molecule has 146 valence electrons. The lowest BCUT2D eigenvalue weighted by molar-refractivity contribution is -0.122. The Bertz CT molecular complexity index is 973. The molecule has 7 heteroatoms. The van der Waals surface area contributed by atoms with E-state index in [2.05, 4.69) is 5.32 Å². The van der Waals surface area contributed by atoms with Crippen LogP contribution in [0.25, 0.3) is 6.08 Å². The Kier molecular flexibility index (Phi) is 5.65. The Labute approximate surface area is 169 Å². The number of nitrogens with one attached hydrogen (secondary N) is 1. The van der Waals surface area contributed by atoms with Crippen molar-refractivity contribution in [3.05, 3.63) is 52.8 Å². The lowest BCUT2D eigenvalue weighted by Crippen LogP contribution is -2.54. The molecule has 0 radical (unpaired) electrons. The average Bonchev–Trinajstić information content (AvgIpc) is 3.11. The molecule has 6 nitrogen and oxygen atoms in total. The largest absolute Gasteiger partial charge is 0.441 e. The van der Waals surface area contributed by atoms with Gasteiger partial charge >= 0.3 is 0 Å². The predicted molar refractivity (Wildman–Crippen MR) is 114 cm³/mol. The molecule has 0 saturated carbocycles. The van der Waals surface area contributed by atoms with Crippen molar-refractivity contribution >= 4 is 46.8 Å². The molecule has 1 aromatic heterocycles. The van der Waals surface area contributed by atoms with Gasteiger partial charge in [0.1, 0.15) is 11.3 Å². The summed E-state index contributed by atoms with van der Waals surface area (Å²) in [5.74, 6) is 0.136. The van der Waals surface area contributed by atoms with Crippen molar-refractivity contribution in [1.29, 1.82) is 0 Å². The van der Waals surface area contributed by atoms with Crippen LogP contribution in [-0.2, 0) is 9.59 Å². The van der Waals surface area contributed by atoms with Crippen LogP contribution >= 0.6 is 12.2 Å². The third-order valence-corrected chi connectivity index (χ3v) is 5.18. The zero-order chi connectivity index (χ0) is 20.4. The maximum Gasteiger partial charge on any atom is 0.270 e. The second-order valence-corrected chi connectivity index (χ2v) is 6.91. The number of aryl methyl sites for hydroxylation is 1. The minimum atomic E-state index is -0.530. The summed E-state index contributed by atoms with van der Waals surface area (Å²) in [5, 5.41) is 2.68. The first-order valence-electron chi connectivity index (χ1n) is 9.19. The summed E-state index contributed by atoms with van der Waals surface area (Å²) in [6.07, 6.45) is 1.46. The van der Waals surface area contributed by atoms with Gasteiger partial charge in [-0.15, -0.1) is 0 Å². The lowest BCUT2D eigenvalue weighted by Gasteiger charge is -2.30. The Morgan fingerprint density at radius 2 is 1.86 bits per heavy atom. The fraction of sp³-hybridized carbons (Fsp3) is 0.286. The normalized spacial score (nSPS) is 15.9. The lowest BCUT2D eigenvalue weighted by atomic mass is 10.0. The van der Waals surface area contributed by atoms with Crippen molar-refractivity contribution in [3.8, 4) is 0 Å². The van der Waals surface area contributed by atoms with E-state index < -0.39 is 11.8 Å². The zero-order valence-electron chi connectivity index (χ0n) is 16.4. The van der Waals surface area contributed by atoms with E-state index in [9.17, 15) is 9.59 Å². The van der Waals surface area contributed by atoms with E-state index in [1.54, 1.807) is 6.07 Å². The fourth-order valence-electron chi connectivity index (χ4n) is 3.12. The van der Waals surface area contributed by atoms with Crippen molar-refractivity contribution in [1.82, 2.24) is 5.32 Å². The van der Waals surface area contributed by atoms with Crippen molar-refractivity contribution in [2.24, 2.45) is 0 Å². The van der Waals surface area contributed by atoms with Crippen molar-refractivity contribution in [2.45, 2.75) is 27.7 Å². The fourth-order valence-corrected chi connectivity index (χ4v) is 3.40. The van der Waals surface area contributed by atoms with Gasteiger partial charge in [0.05, 0.1) is 5.69 Å². The molecule has 2 amide bonds. The van der Waals surface area contributed by atoms with Gasteiger partial charge in [-0.05, 0) is 69.2 Å². The molecule has 2 heterocycles. The van der Waals surface area contributed by atoms with Gasteiger partial charge in [-0.25, -0.2) is 0 Å². The van der Waals surface area contributed by atoms with Crippen molar-refractivity contribution in [3.63, 3.8) is 0 Å². The van der Waals surface area contributed by atoms with Gasteiger partial charge in [-0.2, -0.15) is 0 Å². The number of carbonyl (C=O) groups is 2. The van der Waals surface area contributed by atoms with E-state index in [1.807, 2.05) is 56.9 Å². The van der Waals surface area contributed by atoms with Crippen LogP contribution in [0, 0.1) is 13.8 Å². The minimum absolute atomic E-state index is 0.0186. The smallest absolute Gasteiger partial charge is 0.270 e. The second kappa shape index (κ2) is 7.98. The summed E-state index contributed by atoms with van der Waals surface area (Å²) in [5.41, 5.74) is 2.60. The average molecular weight is 398 g/mol. The highest BCUT2D eigenvalue weighted by atomic mass is 32.1. The topological polar surface area (TPSA) is 65.8 Å². The molecule has 2 aromatic rings. The quantitative estimate of drug-likeness (QED) is 0.475. The molecule has 28 heavy (non-hydrogen) atoms. The first-order valence-corrected chi connectivity index (χ1v) is 9.60. The number of furan rings is 1. The first-order chi connectivity index (χ1) is 13.4. The summed E-state index contributed by atoms with van der Waals surface area (Å²) < 4.78 is 5.80. The highest BCUT2D eigenvalue weighted by molar-refractivity contribution is 7.80. The number of nitrogens with zero attached hydrogens (tertiary/aromatic N) is 2. The SMILES string of the molecule is CCN(CC)c1ccc(C=C2C(=O)NC(=S)N(c3cccc(C)c3C)C2=O)o1. The van der Waals surface area contributed by atoms with Crippen LogP contribution in [0.3, 0.4) is 0 Å². The number of hydrogen-bond acceptors (Lipinski definition) is 5. The van der Waals surface area contributed by atoms with E-state index in [0.717, 1.165) is 24.2 Å². The molecule has 1 N–H and O–H groups in total. The molecule has 3 rings (SSSR count). The number of benzene rings is 1.